The molecule has 0 spiro atoms. The number of nitrogen functional groups attached to an aromatic ring is 1. The summed E-state index contributed by atoms with van der Waals surface area (Å²) in [6.45, 7) is 0.644. The first-order valence-electron chi connectivity index (χ1n) is 5.96. The summed E-state index contributed by atoms with van der Waals surface area (Å²) in [6.07, 6.45) is 0. The number of rotatable bonds is 4. The van der Waals surface area contributed by atoms with Gasteiger partial charge in [-0.1, -0.05) is 30.3 Å². The van der Waals surface area contributed by atoms with Gasteiger partial charge in [-0.3, -0.25) is 0 Å². The van der Waals surface area contributed by atoms with Gasteiger partial charge in [-0.25, -0.2) is 4.79 Å². The highest BCUT2D eigenvalue weighted by atomic mass is 16.4. The fourth-order valence-electron chi connectivity index (χ4n) is 2.00. The molecule has 0 aliphatic rings. The van der Waals surface area contributed by atoms with Crippen LogP contribution in [-0.2, 0) is 6.54 Å². The summed E-state index contributed by atoms with van der Waals surface area (Å²) in [5.74, 6) is -0.970. The van der Waals surface area contributed by atoms with Crippen LogP contribution >= 0.6 is 0 Å². The minimum atomic E-state index is -0.970. The number of carboxylic acids is 1. The van der Waals surface area contributed by atoms with Gasteiger partial charge in [-0.15, -0.1) is 0 Å². The molecule has 0 heterocycles. The van der Waals surface area contributed by atoms with Crippen molar-refractivity contribution in [2.75, 3.05) is 17.7 Å². The molecule has 98 valence electrons. The summed E-state index contributed by atoms with van der Waals surface area (Å²) in [4.78, 5) is 13.1. The van der Waals surface area contributed by atoms with Crippen molar-refractivity contribution in [2.24, 2.45) is 0 Å². The fourth-order valence-corrected chi connectivity index (χ4v) is 2.00. The molecule has 2 rings (SSSR count). The SMILES string of the molecule is CN(Cc1ccccc1)c1ccc(N)cc1C(=O)O. The van der Waals surface area contributed by atoms with E-state index in [1.807, 2.05) is 42.3 Å². The van der Waals surface area contributed by atoms with Crippen LogP contribution in [-0.4, -0.2) is 18.1 Å². The molecule has 0 atom stereocenters. The number of anilines is 2. The van der Waals surface area contributed by atoms with Crippen molar-refractivity contribution < 1.29 is 9.90 Å². The van der Waals surface area contributed by atoms with Crippen molar-refractivity contribution in [1.82, 2.24) is 0 Å². The van der Waals surface area contributed by atoms with Crippen LogP contribution in [0.4, 0.5) is 11.4 Å². The zero-order valence-electron chi connectivity index (χ0n) is 10.7. The van der Waals surface area contributed by atoms with Crippen LogP contribution in [0, 0.1) is 0 Å². The van der Waals surface area contributed by atoms with Crippen LogP contribution in [0.15, 0.2) is 48.5 Å². The standard InChI is InChI=1S/C15H16N2O2/c1-17(10-11-5-3-2-4-6-11)14-8-7-12(16)9-13(14)15(18)19/h2-9H,10,16H2,1H3,(H,18,19). The third kappa shape index (κ3) is 3.04. The van der Waals surface area contributed by atoms with E-state index in [-0.39, 0.29) is 5.56 Å². The van der Waals surface area contributed by atoms with Crippen molar-refractivity contribution >= 4 is 17.3 Å². The zero-order chi connectivity index (χ0) is 13.8. The van der Waals surface area contributed by atoms with Gasteiger partial charge in [0.25, 0.3) is 0 Å². The zero-order valence-corrected chi connectivity index (χ0v) is 10.7. The smallest absolute Gasteiger partial charge is 0.337 e. The lowest BCUT2D eigenvalue weighted by atomic mass is 10.1. The molecule has 19 heavy (non-hydrogen) atoms. The molecule has 0 fully saturated rings. The Morgan fingerprint density at radius 2 is 1.89 bits per heavy atom. The van der Waals surface area contributed by atoms with Crippen LogP contribution in [0.3, 0.4) is 0 Å². The average molecular weight is 256 g/mol. The van der Waals surface area contributed by atoms with E-state index in [4.69, 9.17) is 5.73 Å². The van der Waals surface area contributed by atoms with E-state index in [9.17, 15) is 9.90 Å². The Morgan fingerprint density at radius 3 is 2.53 bits per heavy atom. The highest BCUT2D eigenvalue weighted by Crippen LogP contribution is 2.23. The quantitative estimate of drug-likeness (QED) is 0.825. The Morgan fingerprint density at radius 1 is 1.21 bits per heavy atom. The molecule has 4 nitrogen and oxygen atoms in total. The molecular weight excluding hydrogens is 240 g/mol. The van der Waals surface area contributed by atoms with Crippen LogP contribution in [0.1, 0.15) is 15.9 Å². The van der Waals surface area contributed by atoms with E-state index in [1.165, 1.54) is 6.07 Å². The number of hydrogen-bond acceptors (Lipinski definition) is 3. The molecule has 3 N–H and O–H groups in total. The first-order chi connectivity index (χ1) is 9.08. The van der Waals surface area contributed by atoms with Crippen LogP contribution in [0.25, 0.3) is 0 Å². The predicted molar refractivity (Wildman–Crippen MR) is 76.4 cm³/mol. The molecule has 0 saturated heterocycles. The molecule has 0 bridgehead atoms. The highest BCUT2D eigenvalue weighted by Gasteiger charge is 2.14. The van der Waals surface area contributed by atoms with Gasteiger partial charge in [-0.05, 0) is 23.8 Å². The van der Waals surface area contributed by atoms with E-state index in [0.717, 1.165) is 5.56 Å². The van der Waals surface area contributed by atoms with E-state index in [0.29, 0.717) is 17.9 Å². The predicted octanol–water partition coefficient (Wildman–Crippen LogP) is 2.60. The minimum absolute atomic E-state index is 0.221. The normalized spacial score (nSPS) is 10.2. The van der Waals surface area contributed by atoms with E-state index < -0.39 is 5.97 Å². The molecule has 4 heteroatoms. The summed E-state index contributed by atoms with van der Waals surface area (Å²) >= 11 is 0. The van der Waals surface area contributed by atoms with Crippen LogP contribution in [0.2, 0.25) is 0 Å². The number of carboxylic acid groups (broad SMARTS) is 1. The van der Waals surface area contributed by atoms with E-state index in [1.54, 1.807) is 12.1 Å². The molecule has 0 amide bonds. The second-order valence-corrected chi connectivity index (χ2v) is 4.42. The van der Waals surface area contributed by atoms with Gasteiger partial charge in [0.05, 0.1) is 11.3 Å². The second-order valence-electron chi connectivity index (χ2n) is 4.42. The first-order valence-corrected chi connectivity index (χ1v) is 5.96. The van der Waals surface area contributed by atoms with Crippen molar-refractivity contribution in [2.45, 2.75) is 6.54 Å². The molecule has 0 radical (unpaired) electrons. The highest BCUT2D eigenvalue weighted by molar-refractivity contribution is 5.95. The van der Waals surface area contributed by atoms with E-state index >= 15 is 0 Å². The molecule has 2 aromatic rings. The Kier molecular flexibility index (Phi) is 3.71. The molecule has 0 unspecified atom stereocenters. The van der Waals surface area contributed by atoms with Crippen molar-refractivity contribution in [3.63, 3.8) is 0 Å². The minimum Gasteiger partial charge on any atom is -0.478 e. The van der Waals surface area contributed by atoms with Crippen molar-refractivity contribution in [1.29, 1.82) is 0 Å². The second kappa shape index (κ2) is 5.44. The molecular formula is C15H16N2O2. The van der Waals surface area contributed by atoms with Crippen LogP contribution in [0.5, 0.6) is 0 Å². The maximum Gasteiger partial charge on any atom is 0.337 e. The number of hydrogen-bond donors (Lipinski definition) is 2. The van der Waals surface area contributed by atoms with Gasteiger partial charge in [0.1, 0.15) is 0 Å². The Labute approximate surface area is 112 Å². The third-order valence-electron chi connectivity index (χ3n) is 2.92. The summed E-state index contributed by atoms with van der Waals surface area (Å²) in [6, 6.07) is 14.8. The molecule has 0 aliphatic heterocycles. The number of carbonyl (C=O) groups is 1. The average Bonchev–Trinajstić information content (AvgIpc) is 2.39. The van der Waals surface area contributed by atoms with Crippen molar-refractivity contribution in [3.05, 3.63) is 59.7 Å². The summed E-state index contributed by atoms with van der Waals surface area (Å²) in [5, 5.41) is 9.22. The Hall–Kier alpha value is -2.49. The van der Waals surface area contributed by atoms with Crippen molar-refractivity contribution in [3.8, 4) is 0 Å². The Balaban J connectivity index is 2.28. The lowest BCUT2D eigenvalue weighted by molar-refractivity contribution is 0.0697. The molecule has 2 aromatic carbocycles. The summed E-state index contributed by atoms with van der Waals surface area (Å²) in [5.41, 5.74) is 8.09. The maximum atomic E-state index is 11.2. The summed E-state index contributed by atoms with van der Waals surface area (Å²) < 4.78 is 0. The number of nitrogens with two attached hydrogens (primary N) is 1. The Bertz CT molecular complexity index is 582. The number of benzene rings is 2. The molecule has 0 saturated carbocycles. The summed E-state index contributed by atoms with van der Waals surface area (Å²) in [7, 11) is 1.87. The third-order valence-corrected chi connectivity index (χ3v) is 2.92. The monoisotopic (exact) mass is 256 g/mol. The van der Waals surface area contributed by atoms with Gasteiger partial charge in [0.15, 0.2) is 0 Å². The van der Waals surface area contributed by atoms with Gasteiger partial charge in [0, 0.05) is 19.3 Å². The van der Waals surface area contributed by atoms with Gasteiger partial charge in [-0.2, -0.15) is 0 Å². The largest absolute Gasteiger partial charge is 0.478 e. The first kappa shape index (κ1) is 13.0. The fraction of sp³-hybridized carbons (Fsp3) is 0.133. The lowest BCUT2D eigenvalue weighted by Crippen LogP contribution is -2.19. The number of nitrogens with zero attached hydrogens (tertiary/aromatic N) is 1. The number of aromatic carboxylic acids is 1. The van der Waals surface area contributed by atoms with Gasteiger partial charge >= 0.3 is 5.97 Å². The lowest BCUT2D eigenvalue weighted by Gasteiger charge is -2.21. The molecule has 0 aromatic heterocycles. The molecule has 0 aliphatic carbocycles. The van der Waals surface area contributed by atoms with Crippen LogP contribution < -0.4 is 10.6 Å². The van der Waals surface area contributed by atoms with E-state index in [2.05, 4.69) is 0 Å². The maximum absolute atomic E-state index is 11.2. The van der Waals surface area contributed by atoms with Gasteiger partial charge < -0.3 is 15.7 Å². The van der Waals surface area contributed by atoms with Gasteiger partial charge in [0.2, 0.25) is 0 Å². The topological polar surface area (TPSA) is 66.6 Å².